The molecule has 0 fully saturated rings. The highest BCUT2D eigenvalue weighted by molar-refractivity contribution is 7.16. The summed E-state index contributed by atoms with van der Waals surface area (Å²) >= 11 is 9.34. The Bertz CT molecular complexity index is 464. The van der Waals surface area contributed by atoms with Gasteiger partial charge >= 0.3 is 0 Å². The highest BCUT2D eigenvalue weighted by Gasteiger charge is 2.25. The van der Waals surface area contributed by atoms with Crippen molar-refractivity contribution in [2.24, 2.45) is 0 Å². The maximum absolute atomic E-state index is 6.00. The Labute approximate surface area is 101 Å². The summed E-state index contributed by atoms with van der Waals surface area (Å²) in [6.07, 6.45) is 4.11. The third-order valence-electron chi connectivity index (χ3n) is 2.58. The summed E-state index contributed by atoms with van der Waals surface area (Å²) in [5.41, 5.74) is 1.36. The number of thiazole rings is 1. The first kappa shape index (κ1) is 9.63. The lowest BCUT2D eigenvalue weighted by atomic mass is 10.2. The van der Waals surface area contributed by atoms with Crippen LogP contribution in [-0.2, 0) is 6.42 Å². The van der Waals surface area contributed by atoms with Crippen molar-refractivity contribution in [3.63, 3.8) is 0 Å². The Balaban J connectivity index is 1.84. The summed E-state index contributed by atoms with van der Waals surface area (Å²) < 4.78 is 0.894. The van der Waals surface area contributed by atoms with E-state index in [0.717, 1.165) is 22.3 Å². The zero-order valence-electron chi connectivity index (χ0n) is 7.87. The van der Waals surface area contributed by atoms with E-state index in [2.05, 4.69) is 16.4 Å². The molecule has 0 aliphatic heterocycles. The highest BCUT2D eigenvalue weighted by atomic mass is 35.5. The van der Waals surface area contributed by atoms with Crippen LogP contribution in [0.25, 0.3) is 0 Å². The molecular weight excluding hydrogens is 248 g/mol. The van der Waals surface area contributed by atoms with Gasteiger partial charge in [-0.25, -0.2) is 4.98 Å². The molecule has 1 N–H and O–H groups in total. The van der Waals surface area contributed by atoms with Crippen LogP contribution in [0.1, 0.15) is 22.9 Å². The Kier molecular flexibility index (Phi) is 2.42. The number of nitrogens with one attached hydrogen (secondary N) is 1. The van der Waals surface area contributed by atoms with E-state index in [-0.39, 0.29) is 0 Å². The van der Waals surface area contributed by atoms with Gasteiger partial charge in [-0.3, -0.25) is 0 Å². The Morgan fingerprint density at radius 1 is 1.53 bits per heavy atom. The molecule has 5 heteroatoms. The van der Waals surface area contributed by atoms with Crippen molar-refractivity contribution < 1.29 is 0 Å². The highest BCUT2D eigenvalue weighted by Crippen LogP contribution is 2.40. The molecule has 2 aromatic heterocycles. The van der Waals surface area contributed by atoms with Crippen LogP contribution in [0.4, 0.5) is 5.13 Å². The van der Waals surface area contributed by atoms with Crippen LogP contribution in [-0.4, -0.2) is 4.98 Å². The average molecular weight is 257 g/mol. The third-order valence-corrected chi connectivity index (χ3v) is 4.62. The van der Waals surface area contributed by atoms with Crippen LogP contribution < -0.4 is 5.32 Å². The molecule has 2 heterocycles. The fourth-order valence-electron chi connectivity index (χ4n) is 1.92. The number of nitrogens with zero attached hydrogens (tertiary/aromatic N) is 1. The van der Waals surface area contributed by atoms with Crippen molar-refractivity contribution in [3.8, 4) is 0 Å². The summed E-state index contributed by atoms with van der Waals surface area (Å²) in [6, 6.07) is 2.48. The lowest BCUT2D eigenvalue weighted by molar-refractivity contribution is 0.761. The van der Waals surface area contributed by atoms with Crippen LogP contribution in [0, 0.1) is 0 Å². The zero-order valence-corrected chi connectivity index (χ0v) is 10.3. The van der Waals surface area contributed by atoms with E-state index < -0.39 is 0 Å². The van der Waals surface area contributed by atoms with Crippen LogP contribution in [0.5, 0.6) is 0 Å². The summed E-state index contributed by atoms with van der Waals surface area (Å²) in [5.74, 6) is 0. The third kappa shape index (κ3) is 1.77. The molecule has 78 valence electrons. The Morgan fingerprint density at radius 3 is 3.27 bits per heavy atom. The first-order valence-corrected chi connectivity index (χ1v) is 6.84. The minimum Gasteiger partial charge on any atom is -0.355 e. The Hall–Kier alpha value is -0.580. The van der Waals surface area contributed by atoms with E-state index in [1.54, 1.807) is 22.7 Å². The summed E-state index contributed by atoms with van der Waals surface area (Å²) in [5, 5.41) is 6.43. The number of aromatic nitrogens is 1. The summed E-state index contributed by atoms with van der Waals surface area (Å²) in [4.78, 5) is 5.66. The van der Waals surface area contributed by atoms with Crippen LogP contribution in [0.15, 0.2) is 17.6 Å². The van der Waals surface area contributed by atoms with E-state index in [1.165, 1.54) is 10.4 Å². The standard InChI is InChI=1S/C10H9ClN2S2/c11-9-5-6-7(1-2-8(6)15-9)13-10-12-3-4-14-10/h3-5,7H,1-2H2,(H,12,13). The van der Waals surface area contributed by atoms with Crippen LogP contribution >= 0.6 is 34.3 Å². The molecule has 0 saturated heterocycles. The summed E-state index contributed by atoms with van der Waals surface area (Å²) in [6.45, 7) is 0. The maximum Gasteiger partial charge on any atom is 0.183 e. The van der Waals surface area contributed by atoms with Crippen molar-refractivity contribution in [3.05, 3.63) is 32.4 Å². The molecule has 1 aliphatic rings. The second-order valence-corrected chi connectivity index (χ2v) is 6.16. The number of thiophene rings is 1. The fraction of sp³-hybridized carbons (Fsp3) is 0.300. The van der Waals surface area contributed by atoms with Gasteiger partial charge < -0.3 is 5.32 Å². The minimum absolute atomic E-state index is 0.398. The number of rotatable bonds is 2. The van der Waals surface area contributed by atoms with E-state index in [0.29, 0.717) is 6.04 Å². The quantitative estimate of drug-likeness (QED) is 0.880. The van der Waals surface area contributed by atoms with Crippen molar-refractivity contribution in [2.45, 2.75) is 18.9 Å². The maximum atomic E-state index is 6.00. The van der Waals surface area contributed by atoms with Gasteiger partial charge in [0.15, 0.2) is 5.13 Å². The predicted octanol–water partition coefficient (Wildman–Crippen LogP) is 3.96. The van der Waals surface area contributed by atoms with Crippen molar-refractivity contribution in [2.75, 3.05) is 5.32 Å². The fourth-order valence-corrected chi connectivity index (χ4v) is 3.86. The van der Waals surface area contributed by atoms with Gasteiger partial charge in [0.1, 0.15) is 0 Å². The molecule has 0 spiro atoms. The molecule has 3 rings (SSSR count). The zero-order chi connectivity index (χ0) is 10.3. The van der Waals surface area contributed by atoms with Gasteiger partial charge in [-0.05, 0) is 24.5 Å². The number of aryl methyl sites for hydroxylation is 1. The van der Waals surface area contributed by atoms with Gasteiger partial charge in [-0.2, -0.15) is 0 Å². The molecule has 2 nitrogen and oxygen atoms in total. The summed E-state index contributed by atoms with van der Waals surface area (Å²) in [7, 11) is 0. The molecule has 15 heavy (non-hydrogen) atoms. The first-order valence-electron chi connectivity index (χ1n) is 4.77. The lowest BCUT2D eigenvalue weighted by Crippen LogP contribution is -2.05. The second kappa shape index (κ2) is 3.77. The normalized spacial score (nSPS) is 19.1. The van der Waals surface area contributed by atoms with Crippen molar-refractivity contribution >= 4 is 39.4 Å². The molecule has 0 aromatic carbocycles. The number of halogens is 1. The van der Waals surface area contributed by atoms with Gasteiger partial charge in [0, 0.05) is 16.5 Å². The predicted molar refractivity (Wildman–Crippen MR) is 66.1 cm³/mol. The Morgan fingerprint density at radius 2 is 2.47 bits per heavy atom. The topological polar surface area (TPSA) is 24.9 Å². The molecule has 0 amide bonds. The first-order chi connectivity index (χ1) is 7.33. The molecule has 0 radical (unpaired) electrons. The molecule has 0 saturated carbocycles. The number of fused-ring (bicyclic) bond motifs is 1. The molecular formula is C10H9ClN2S2. The van der Waals surface area contributed by atoms with E-state index >= 15 is 0 Å². The van der Waals surface area contributed by atoms with Crippen LogP contribution in [0.3, 0.4) is 0 Å². The molecule has 1 unspecified atom stereocenters. The molecule has 1 atom stereocenters. The van der Waals surface area contributed by atoms with E-state index in [9.17, 15) is 0 Å². The monoisotopic (exact) mass is 256 g/mol. The van der Waals surface area contributed by atoms with Gasteiger partial charge in [0.05, 0.1) is 10.4 Å². The SMILES string of the molecule is Clc1cc2c(s1)CCC2Nc1nccs1. The van der Waals surface area contributed by atoms with Gasteiger partial charge in [-0.15, -0.1) is 22.7 Å². The van der Waals surface area contributed by atoms with Gasteiger partial charge in [0.25, 0.3) is 0 Å². The number of hydrogen-bond donors (Lipinski definition) is 1. The average Bonchev–Trinajstić information content (AvgIpc) is 2.85. The smallest absolute Gasteiger partial charge is 0.183 e. The molecule has 2 aromatic rings. The number of anilines is 1. The van der Waals surface area contributed by atoms with Crippen LogP contribution in [0.2, 0.25) is 4.34 Å². The molecule has 0 bridgehead atoms. The number of hydrogen-bond acceptors (Lipinski definition) is 4. The van der Waals surface area contributed by atoms with E-state index in [1.807, 2.05) is 11.6 Å². The van der Waals surface area contributed by atoms with Gasteiger partial charge in [-0.1, -0.05) is 11.6 Å². The van der Waals surface area contributed by atoms with Crippen molar-refractivity contribution in [1.29, 1.82) is 0 Å². The molecule has 1 aliphatic carbocycles. The lowest BCUT2D eigenvalue weighted by Gasteiger charge is -2.10. The van der Waals surface area contributed by atoms with Gasteiger partial charge in [0.2, 0.25) is 0 Å². The van der Waals surface area contributed by atoms with E-state index in [4.69, 9.17) is 11.6 Å². The largest absolute Gasteiger partial charge is 0.355 e. The second-order valence-electron chi connectivity index (χ2n) is 3.50. The minimum atomic E-state index is 0.398. The van der Waals surface area contributed by atoms with Crippen molar-refractivity contribution in [1.82, 2.24) is 4.98 Å².